The van der Waals surface area contributed by atoms with Crippen molar-refractivity contribution in [3.05, 3.63) is 0 Å². The van der Waals surface area contributed by atoms with Crippen LogP contribution in [0.1, 0.15) is 33.6 Å². The molecular weight excluding hydrogens is 272 g/mol. The first-order valence-electron chi connectivity index (χ1n) is 7.40. The number of guanidine groups is 1. The van der Waals surface area contributed by atoms with Crippen LogP contribution in [-0.4, -0.2) is 65.3 Å². The van der Waals surface area contributed by atoms with Crippen LogP contribution in [0.15, 0.2) is 0 Å². The average molecular weight is 300 g/mol. The number of hydrogen-bond donors (Lipinski definition) is 3. The van der Waals surface area contributed by atoms with Crippen molar-refractivity contribution >= 4 is 12.1 Å². The van der Waals surface area contributed by atoms with Gasteiger partial charge in [0, 0.05) is 26.2 Å². The third-order valence-corrected chi connectivity index (χ3v) is 3.36. The standard InChI is InChI=1S/C14H28N4O3/c1-14(2,3)21-13(20)18(7-8-19)10-11-5-4-6-17(9-11)12(15)16/h11,19H,4-10H2,1-3H3,(H3,15,16). The Bertz CT molecular complexity index is 368. The summed E-state index contributed by atoms with van der Waals surface area (Å²) in [6.45, 7) is 7.59. The van der Waals surface area contributed by atoms with Crippen LogP contribution in [0.3, 0.4) is 0 Å². The van der Waals surface area contributed by atoms with E-state index in [1.165, 1.54) is 0 Å². The van der Waals surface area contributed by atoms with Crippen LogP contribution < -0.4 is 5.73 Å². The van der Waals surface area contributed by atoms with E-state index >= 15 is 0 Å². The van der Waals surface area contributed by atoms with E-state index in [0.29, 0.717) is 13.1 Å². The van der Waals surface area contributed by atoms with Gasteiger partial charge >= 0.3 is 6.09 Å². The van der Waals surface area contributed by atoms with Gasteiger partial charge in [0.05, 0.1) is 6.61 Å². The largest absolute Gasteiger partial charge is 0.444 e. The molecule has 1 heterocycles. The minimum atomic E-state index is -0.553. The van der Waals surface area contributed by atoms with E-state index < -0.39 is 11.7 Å². The van der Waals surface area contributed by atoms with Crippen molar-refractivity contribution in [3.63, 3.8) is 0 Å². The minimum absolute atomic E-state index is 0.0747. The lowest BCUT2D eigenvalue weighted by Gasteiger charge is -2.36. The Kier molecular flexibility index (Phi) is 6.26. The highest BCUT2D eigenvalue weighted by Crippen LogP contribution is 2.18. The van der Waals surface area contributed by atoms with Crippen LogP contribution >= 0.6 is 0 Å². The molecule has 0 bridgehead atoms. The van der Waals surface area contributed by atoms with E-state index in [9.17, 15) is 4.79 Å². The first kappa shape index (κ1) is 17.6. The number of aliphatic hydroxyl groups excluding tert-OH is 1. The molecule has 0 saturated carbocycles. The monoisotopic (exact) mass is 300 g/mol. The minimum Gasteiger partial charge on any atom is -0.444 e. The lowest BCUT2D eigenvalue weighted by Crippen LogP contribution is -2.48. The molecular formula is C14H28N4O3. The van der Waals surface area contributed by atoms with Crippen molar-refractivity contribution in [2.45, 2.75) is 39.2 Å². The second-order valence-corrected chi connectivity index (χ2v) is 6.49. The Labute approximate surface area is 126 Å². The highest BCUT2D eigenvalue weighted by molar-refractivity contribution is 5.74. The van der Waals surface area contributed by atoms with Crippen molar-refractivity contribution in [1.29, 1.82) is 5.41 Å². The molecule has 0 aromatic carbocycles. The quantitative estimate of drug-likeness (QED) is 0.527. The molecule has 0 aromatic heterocycles. The van der Waals surface area contributed by atoms with E-state index in [1.54, 1.807) is 4.90 Å². The number of nitrogens with two attached hydrogens (primary N) is 1. The van der Waals surface area contributed by atoms with E-state index in [-0.39, 0.29) is 25.0 Å². The molecule has 0 spiro atoms. The molecule has 0 aromatic rings. The number of carbonyl (C=O) groups excluding carboxylic acids is 1. The van der Waals surface area contributed by atoms with E-state index in [4.69, 9.17) is 21.0 Å². The normalized spacial score (nSPS) is 19.2. The zero-order valence-corrected chi connectivity index (χ0v) is 13.3. The average Bonchev–Trinajstić information content (AvgIpc) is 2.36. The van der Waals surface area contributed by atoms with E-state index in [2.05, 4.69) is 0 Å². The molecule has 21 heavy (non-hydrogen) atoms. The molecule has 0 aliphatic carbocycles. The van der Waals surface area contributed by atoms with Crippen molar-refractivity contribution in [2.24, 2.45) is 11.7 Å². The Balaban J connectivity index is 2.61. The number of nitrogens with zero attached hydrogens (tertiary/aromatic N) is 2. The number of rotatable bonds is 4. The molecule has 4 N–H and O–H groups in total. The van der Waals surface area contributed by atoms with E-state index in [1.807, 2.05) is 25.7 Å². The molecule has 1 aliphatic rings. The summed E-state index contributed by atoms with van der Waals surface area (Å²) in [5, 5.41) is 16.6. The molecule has 1 unspecified atom stereocenters. The van der Waals surface area contributed by atoms with Crippen LogP contribution in [0.4, 0.5) is 4.79 Å². The van der Waals surface area contributed by atoms with Crippen LogP contribution in [0.2, 0.25) is 0 Å². The van der Waals surface area contributed by atoms with Crippen molar-refractivity contribution in [1.82, 2.24) is 9.80 Å². The van der Waals surface area contributed by atoms with Gasteiger partial charge in [0.1, 0.15) is 5.60 Å². The fourth-order valence-electron chi connectivity index (χ4n) is 2.45. The van der Waals surface area contributed by atoms with Crippen LogP contribution in [0.5, 0.6) is 0 Å². The summed E-state index contributed by atoms with van der Waals surface area (Å²) in [5.74, 6) is 0.312. The summed E-state index contributed by atoms with van der Waals surface area (Å²) in [4.78, 5) is 15.5. The van der Waals surface area contributed by atoms with Crippen molar-refractivity contribution < 1.29 is 14.6 Å². The smallest absolute Gasteiger partial charge is 0.410 e. The third-order valence-electron chi connectivity index (χ3n) is 3.36. The lowest BCUT2D eigenvalue weighted by atomic mass is 9.97. The van der Waals surface area contributed by atoms with Crippen LogP contribution in [0, 0.1) is 11.3 Å². The van der Waals surface area contributed by atoms with Gasteiger partial charge in [-0.3, -0.25) is 5.41 Å². The number of nitrogens with one attached hydrogen (secondary N) is 1. The predicted octanol–water partition coefficient (Wildman–Crippen LogP) is 0.821. The molecule has 7 heteroatoms. The molecule has 0 radical (unpaired) electrons. The van der Waals surface area contributed by atoms with Gasteiger partial charge in [0.15, 0.2) is 5.96 Å². The summed E-state index contributed by atoms with van der Waals surface area (Å²) in [6, 6.07) is 0. The lowest BCUT2D eigenvalue weighted by molar-refractivity contribution is 0.0167. The zero-order valence-electron chi connectivity index (χ0n) is 13.3. The third kappa shape index (κ3) is 6.20. The SMILES string of the molecule is CC(C)(C)OC(=O)N(CCO)CC1CCCN(C(=N)N)C1. The maximum absolute atomic E-state index is 12.1. The molecule has 1 saturated heterocycles. The Hall–Kier alpha value is -1.50. The number of hydrogen-bond acceptors (Lipinski definition) is 4. The van der Waals surface area contributed by atoms with Gasteiger partial charge in [-0.1, -0.05) is 0 Å². The molecule has 122 valence electrons. The number of ether oxygens (including phenoxy) is 1. The first-order valence-corrected chi connectivity index (χ1v) is 7.40. The number of carbonyl (C=O) groups is 1. The Morgan fingerprint density at radius 1 is 1.52 bits per heavy atom. The van der Waals surface area contributed by atoms with Crippen LogP contribution in [0.25, 0.3) is 0 Å². The maximum atomic E-state index is 12.1. The second-order valence-electron chi connectivity index (χ2n) is 6.49. The van der Waals surface area contributed by atoms with Gasteiger partial charge < -0.3 is 25.4 Å². The molecule has 1 amide bonds. The number of amides is 1. The Morgan fingerprint density at radius 2 is 2.19 bits per heavy atom. The van der Waals surface area contributed by atoms with Gasteiger partial charge in [0.25, 0.3) is 0 Å². The number of piperidine rings is 1. The molecule has 7 nitrogen and oxygen atoms in total. The van der Waals surface area contributed by atoms with Gasteiger partial charge in [-0.25, -0.2) is 4.79 Å². The highest BCUT2D eigenvalue weighted by Gasteiger charge is 2.27. The summed E-state index contributed by atoms with van der Waals surface area (Å²) in [5.41, 5.74) is 4.97. The topological polar surface area (TPSA) is 103 Å². The highest BCUT2D eigenvalue weighted by atomic mass is 16.6. The summed E-state index contributed by atoms with van der Waals surface area (Å²) < 4.78 is 5.36. The summed E-state index contributed by atoms with van der Waals surface area (Å²) in [7, 11) is 0. The summed E-state index contributed by atoms with van der Waals surface area (Å²) >= 11 is 0. The van der Waals surface area contributed by atoms with Gasteiger partial charge in [-0.15, -0.1) is 0 Å². The zero-order chi connectivity index (χ0) is 16.0. The summed E-state index contributed by atoms with van der Waals surface area (Å²) in [6.07, 6.45) is 1.52. The molecule has 1 aliphatic heterocycles. The first-order chi connectivity index (χ1) is 9.73. The second kappa shape index (κ2) is 7.49. The number of aliphatic hydroxyl groups is 1. The Morgan fingerprint density at radius 3 is 2.71 bits per heavy atom. The fourth-order valence-corrected chi connectivity index (χ4v) is 2.45. The fraction of sp³-hybridized carbons (Fsp3) is 0.857. The van der Waals surface area contributed by atoms with E-state index in [0.717, 1.165) is 19.4 Å². The van der Waals surface area contributed by atoms with Crippen molar-refractivity contribution in [2.75, 3.05) is 32.8 Å². The predicted molar refractivity (Wildman–Crippen MR) is 81.1 cm³/mol. The van der Waals surface area contributed by atoms with Crippen molar-refractivity contribution in [3.8, 4) is 0 Å². The maximum Gasteiger partial charge on any atom is 0.410 e. The van der Waals surface area contributed by atoms with Gasteiger partial charge in [-0.05, 0) is 39.5 Å². The molecule has 1 atom stereocenters. The number of likely N-dealkylation sites (tertiary alicyclic amines) is 1. The molecule has 1 fully saturated rings. The molecule has 1 rings (SSSR count). The van der Waals surface area contributed by atoms with Gasteiger partial charge in [-0.2, -0.15) is 0 Å². The van der Waals surface area contributed by atoms with Crippen LogP contribution in [-0.2, 0) is 4.74 Å². The van der Waals surface area contributed by atoms with Gasteiger partial charge in [0.2, 0.25) is 0 Å².